The van der Waals surface area contributed by atoms with Crippen molar-refractivity contribution in [3.05, 3.63) is 23.8 Å². The van der Waals surface area contributed by atoms with Crippen molar-refractivity contribution >= 4 is 0 Å². The molecular formula is C22H36N+. The quantitative estimate of drug-likeness (QED) is 0.584. The van der Waals surface area contributed by atoms with Crippen LogP contribution in [0, 0.1) is 28.6 Å². The van der Waals surface area contributed by atoms with Crippen molar-refractivity contribution in [2.75, 3.05) is 21.1 Å². The summed E-state index contributed by atoms with van der Waals surface area (Å²) >= 11 is 0. The first-order chi connectivity index (χ1) is 10.8. The number of hydrogen-bond acceptors (Lipinski definition) is 0. The first kappa shape index (κ1) is 15.9. The molecule has 4 aliphatic carbocycles. The highest BCUT2D eigenvalue weighted by molar-refractivity contribution is 5.34. The zero-order chi connectivity index (χ0) is 16.5. The molecule has 0 heterocycles. The highest BCUT2D eigenvalue weighted by Gasteiger charge is 2.60. The number of rotatable bonds is 1. The van der Waals surface area contributed by atoms with E-state index in [1.807, 2.05) is 0 Å². The zero-order valence-corrected chi connectivity index (χ0v) is 15.9. The van der Waals surface area contributed by atoms with Crippen molar-refractivity contribution in [3.63, 3.8) is 0 Å². The fraction of sp³-hybridized carbons (Fsp3) is 0.818. The van der Waals surface area contributed by atoms with Crippen LogP contribution < -0.4 is 0 Å². The summed E-state index contributed by atoms with van der Waals surface area (Å²) in [7, 11) is 7.28. The molecule has 0 bridgehead atoms. The van der Waals surface area contributed by atoms with Gasteiger partial charge in [0.05, 0.1) is 27.2 Å². The average molecular weight is 315 g/mol. The Morgan fingerprint density at radius 2 is 1.78 bits per heavy atom. The summed E-state index contributed by atoms with van der Waals surface area (Å²) in [6.07, 6.45) is 17.4. The molecule has 6 atom stereocenters. The van der Waals surface area contributed by atoms with E-state index in [1.54, 1.807) is 5.57 Å². The fourth-order valence-electron chi connectivity index (χ4n) is 7.54. The van der Waals surface area contributed by atoms with Gasteiger partial charge in [0, 0.05) is 11.8 Å². The normalized spacial score (nSPS) is 49.2. The summed E-state index contributed by atoms with van der Waals surface area (Å²) < 4.78 is 1.16. The summed E-state index contributed by atoms with van der Waals surface area (Å²) in [5.41, 5.74) is 2.73. The predicted octanol–water partition coefficient (Wildman–Crippen LogP) is 5.19. The van der Waals surface area contributed by atoms with E-state index in [4.69, 9.17) is 0 Å². The van der Waals surface area contributed by atoms with Crippen LogP contribution >= 0.6 is 0 Å². The number of fused-ring (bicyclic) bond motifs is 5. The van der Waals surface area contributed by atoms with Gasteiger partial charge >= 0.3 is 0 Å². The smallest absolute Gasteiger partial charge is 0.0941 e. The van der Waals surface area contributed by atoms with Gasteiger partial charge in [-0.15, -0.1) is 0 Å². The Kier molecular flexibility index (Phi) is 3.45. The Bertz CT molecular complexity index is 551. The molecule has 0 radical (unpaired) electrons. The second kappa shape index (κ2) is 4.97. The Labute approximate surface area is 143 Å². The third-order valence-corrected chi connectivity index (χ3v) is 8.54. The Morgan fingerprint density at radius 1 is 1.00 bits per heavy atom. The summed E-state index contributed by atoms with van der Waals surface area (Å²) in [6.45, 7) is 5.24. The largest absolute Gasteiger partial charge is 0.328 e. The van der Waals surface area contributed by atoms with Crippen molar-refractivity contribution in [1.82, 2.24) is 0 Å². The summed E-state index contributed by atoms with van der Waals surface area (Å²) in [5.74, 6) is 2.85. The van der Waals surface area contributed by atoms with Gasteiger partial charge in [-0.2, -0.15) is 0 Å². The van der Waals surface area contributed by atoms with Gasteiger partial charge in [0.1, 0.15) is 0 Å². The molecule has 1 nitrogen and oxygen atoms in total. The van der Waals surface area contributed by atoms with Gasteiger partial charge in [0.15, 0.2) is 0 Å². The molecule has 0 aromatic heterocycles. The van der Waals surface area contributed by atoms with E-state index in [9.17, 15) is 0 Å². The van der Waals surface area contributed by atoms with E-state index in [0.29, 0.717) is 10.8 Å². The summed E-state index contributed by atoms with van der Waals surface area (Å²) in [4.78, 5) is 0. The Morgan fingerprint density at radius 3 is 2.52 bits per heavy atom. The molecule has 4 aliphatic rings. The third kappa shape index (κ3) is 2.15. The molecule has 23 heavy (non-hydrogen) atoms. The van der Waals surface area contributed by atoms with Crippen LogP contribution in [0.4, 0.5) is 0 Å². The standard InChI is InChI=1S/C22H36N/c1-21-14-7-6-8-16(21)9-10-17-18-11-12-20(23(3,4)5)22(18,2)15-13-19(17)21/h6,8-9,17-20H,7,10-15H2,1-5H3/q+1/t17-,18-,19-,20-,21-,22-/m0/s1. The predicted molar refractivity (Wildman–Crippen MR) is 98.0 cm³/mol. The van der Waals surface area contributed by atoms with E-state index < -0.39 is 0 Å². The SMILES string of the molecule is C[C@]12CC[C@H]3[C@@H](CC=C4C=CCC[C@@]43C)[C@@H]1CC[C@@H]2[N+](C)(C)C. The van der Waals surface area contributed by atoms with Crippen molar-refractivity contribution in [1.29, 1.82) is 0 Å². The maximum Gasteiger partial charge on any atom is 0.0941 e. The molecule has 0 N–H and O–H groups in total. The minimum Gasteiger partial charge on any atom is -0.328 e. The minimum absolute atomic E-state index is 0.480. The zero-order valence-electron chi connectivity index (χ0n) is 15.9. The first-order valence-electron chi connectivity index (χ1n) is 9.95. The number of allylic oxidation sites excluding steroid dienone is 4. The lowest BCUT2D eigenvalue weighted by Crippen LogP contribution is -2.56. The molecule has 128 valence electrons. The second-order valence-electron chi connectivity index (χ2n) is 10.4. The van der Waals surface area contributed by atoms with Crippen LogP contribution in [0.3, 0.4) is 0 Å². The molecular weight excluding hydrogens is 278 g/mol. The second-order valence-corrected chi connectivity index (χ2v) is 10.4. The first-order valence-corrected chi connectivity index (χ1v) is 9.95. The van der Waals surface area contributed by atoms with Gasteiger partial charge in [-0.25, -0.2) is 0 Å². The highest BCUT2D eigenvalue weighted by atomic mass is 15.3. The maximum absolute atomic E-state index is 2.65. The van der Waals surface area contributed by atoms with E-state index in [-0.39, 0.29) is 0 Å². The molecule has 0 aromatic carbocycles. The van der Waals surface area contributed by atoms with Crippen LogP contribution in [-0.2, 0) is 0 Å². The van der Waals surface area contributed by atoms with Gasteiger partial charge in [0.2, 0.25) is 0 Å². The van der Waals surface area contributed by atoms with Crippen LogP contribution in [-0.4, -0.2) is 31.7 Å². The Hall–Kier alpha value is -0.560. The molecule has 0 spiro atoms. The van der Waals surface area contributed by atoms with E-state index >= 15 is 0 Å². The highest BCUT2D eigenvalue weighted by Crippen LogP contribution is 2.65. The van der Waals surface area contributed by atoms with Crippen LogP contribution in [0.15, 0.2) is 23.8 Å². The van der Waals surface area contributed by atoms with Crippen LogP contribution in [0.25, 0.3) is 0 Å². The van der Waals surface area contributed by atoms with E-state index in [2.05, 4.69) is 53.2 Å². The van der Waals surface area contributed by atoms with Crippen LogP contribution in [0.1, 0.15) is 58.8 Å². The number of quaternary nitrogens is 1. The molecule has 0 aliphatic heterocycles. The lowest BCUT2D eigenvalue weighted by atomic mass is 9.48. The van der Waals surface area contributed by atoms with Crippen LogP contribution in [0.5, 0.6) is 0 Å². The van der Waals surface area contributed by atoms with Crippen molar-refractivity contribution in [2.45, 2.75) is 64.8 Å². The summed E-state index contributed by atoms with van der Waals surface area (Å²) in [5, 5.41) is 0. The van der Waals surface area contributed by atoms with Gasteiger partial charge in [-0.1, -0.05) is 32.1 Å². The monoisotopic (exact) mass is 314 g/mol. The van der Waals surface area contributed by atoms with Crippen LogP contribution in [0.2, 0.25) is 0 Å². The number of nitrogens with zero attached hydrogens (tertiary/aromatic N) is 1. The minimum atomic E-state index is 0.480. The van der Waals surface area contributed by atoms with E-state index in [1.165, 1.54) is 44.9 Å². The molecule has 0 unspecified atom stereocenters. The van der Waals surface area contributed by atoms with Crippen molar-refractivity contribution < 1.29 is 4.48 Å². The molecule has 4 rings (SSSR count). The molecule has 0 aromatic rings. The van der Waals surface area contributed by atoms with Crippen molar-refractivity contribution in [3.8, 4) is 0 Å². The molecule has 0 saturated heterocycles. The third-order valence-electron chi connectivity index (χ3n) is 8.54. The molecule has 0 amide bonds. The molecule has 2 saturated carbocycles. The van der Waals surface area contributed by atoms with Crippen molar-refractivity contribution in [2.24, 2.45) is 28.6 Å². The van der Waals surface area contributed by atoms with Gasteiger partial charge < -0.3 is 4.48 Å². The fourth-order valence-corrected chi connectivity index (χ4v) is 7.54. The van der Waals surface area contributed by atoms with E-state index in [0.717, 1.165) is 28.3 Å². The maximum atomic E-state index is 2.65. The molecule has 1 heteroatoms. The number of hydrogen-bond donors (Lipinski definition) is 0. The van der Waals surface area contributed by atoms with Gasteiger partial charge in [-0.3, -0.25) is 0 Å². The summed E-state index contributed by atoms with van der Waals surface area (Å²) in [6, 6.07) is 0.859. The lowest BCUT2D eigenvalue weighted by molar-refractivity contribution is -0.903. The Balaban J connectivity index is 1.68. The lowest BCUT2D eigenvalue weighted by Gasteiger charge is -2.57. The molecule has 2 fully saturated rings. The average Bonchev–Trinajstić information content (AvgIpc) is 2.84. The van der Waals surface area contributed by atoms with Gasteiger partial charge in [0.25, 0.3) is 0 Å². The van der Waals surface area contributed by atoms with Gasteiger partial charge in [-0.05, 0) is 67.3 Å². The topological polar surface area (TPSA) is 0 Å².